The lowest BCUT2D eigenvalue weighted by Crippen LogP contribution is -2.39. The molecule has 128 valence electrons. The zero-order valence-electron chi connectivity index (χ0n) is 14.0. The van der Waals surface area contributed by atoms with Gasteiger partial charge in [-0.3, -0.25) is 9.78 Å². The first kappa shape index (κ1) is 17.0. The van der Waals surface area contributed by atoms with Gasteiger partial charge in [0.05, 0.1) is 5.75 Å². The van der Waals surface area contributed by atoms with Gasteiger partial charge < -0.3 is 9.42 Å². The summed E-state index contributed by atoms with van der Waals surface area (Å²) in [4.78, 5) is 24.1. The summed E-state index contributed by atoms with van der Waals surface area (Å²) in [5, 5.41) is 4.04. The van der Waals surface area contributed by atoms with Crippen molar-refractivity contribution in [2.24, 2.45) is 0 Å². The standard InChI is InChI=1S/C17H22N4O2S/c1-12(2)16-19-17(23-20-16)14-5-3-4-10-21(14)15(22)11-24-13-6-8-18-9-7-13/h6-9,12,14H,3-5,10-11H2,1-2H3/t14-/m0/s1. The second-order valence-electron chi connectivity index (χ2n) is 6.22. The molecule has 6 nitrogen and oxygen atoms in total. The Hall–Kier alpha value is -1.89. The van der Waals surface area contributed by atoms with Crippen LogP contribution in [0.1, 0.15) is 56.8 Å². The minimum atomic E-state index is -0.0932. The minimum Gasteiger partial charge on any atom is -0.337 e. The van der Waals surface area contributed by atoms with Crippen molar-refractivity contribution in [2.75, 3.05) is 12.3 Å². The summed E-state index contributed by atoms with van der Waals surface area (Å²) in [7, 11) is 0. The van der Waals surface area contributed by atoms with Crippen molar-refractivity contribution >= 4 is 17.7 Å². The van der Waals surface area contributed by atoms with Gasteiger partial charge in [0, 0.05) is 29.8 Å². The molecule has 2 aromatic heterocycles. The molecule has 1 amide bonds. The van der Waals surface area contributed by atoms with Crippen molar-refractivity contribution in [3.8, 4) is 0 Å². The second-order valence-corrected chi connectivity index (χ2v) is 7.26. The van der Waals surface area contributed by atoms with Gasteiger partial charge in [0.2, 0.25) is 11.8 Å². The molecular weight excluding hydrogens is 324 g/mol. The van der Waals surface area contributed by atoms with E-state index in [1.54, 1.807) is 12.4 Å². The Labute approximate surface area is 146 Å². The van der Waals surface area contributed by atoms with Crippen LogP contribution in [0.3, 0.4) is 0 Å². The quantitative estimate of drug-likeness (QED) is 0.772. The molecule has 2 aromatic rings. The van der Waals surface area contributed by atoms with E-state index in [1.807, 2.05) is 30.9 Å². The highest BCUT2D eigenvalue weighted by molar-refractivity contribution is 8.00. The highest BCUT2D eigenvalue weighted by atomic mass is 32.2. The number of pyridine rings is 1. The number of hydrogen-bond donors (Lipinski definition) is 0. The molecule has 3 rings (SSSR count). The van der Waals surface area contributed by atoms with E-state index in [-0.39, 0.29) is 17.9 Å². The van der Waals surface area contributed by atoms with Crippen molar-refractivity contribution in [2.45, 2.75) is 50.0 Å². The van der Waals surface area contributed by atoms with Gasteiger partial charge >= 0.3 is 0 Å². The van der Waals surface area contributed by atoms with Crippen molar-refractivity contribution in [1.82, 2.24) is 20.0 Å². The highest BCUT2D eigenvalue weighted by Crippen LogP contribution is 2.31. The summed E-state index contributed by atoms with van der Waals surface area (Å²) in [5.74, 6) is 2.02. The van der Waals surface area contributed by atoms with Crippen molar-refractivity contribution in [1.29, 1.82) is 0 Å². The van der Waals surface area contributed by atoms with Gasteiger partial charge in [-0.2, -0.15) is 4.98 Å². The molecule has 0 aliphatic carbocycles. The lowest BCUT2D eigenvalue weighted by molar-refractivity contribution is -0.132. The third-order valence-corrected chi connectivity index (χ3v) is 5.09. The van der Waals surface area contributed by atoms with Crippen molar-refractivity contribution in [3.63, 3.8) is 0 Å². The fourth-order valence-corrected chi connectivity index (χ4v) is 3.54. The molecule has 7 heteroatoms. The monoisotopic (exact) mass is 346 g/mol. The number of carbonyl (C=O) groups is 1. The Morgan fingerprint density at radius 2 is 2.17 bits per heavy atom. The first-order valence-corrected chi connectivity index (χ1v) is 9.29. The van der Waals surface area contributed by atoms with Gasteiger partial charge in [-0.15, -0.1) is 11.8 Å². The third-order valence-electron chi connectivity index (χ3n) is 4.09. The van der Waals surface area contributed by atoms with Gasteiger partial charge in [0.15, 0.2) is 5.82 Å². The Bertz CT molecular complexity index is 674. The maximum Gasteiger partial charge on any atom is 0.249 e. The van der Waals surface area contributed by atoms with E-state index in [1.165, 1.54) is 11.8 Å². The molecule has 1 aliphatic rings. The lowest BCUT2D eigenvalue weighted by Gasteiger charge is -2.33. The number of piperidine rings is 1. The largest absolute Gasteiger partial charge is 0.337 e. The molecule has 1 fully saturated rings. The molecule has 24 heavy (non-hydrogen) atoms. The van der Waals surface area contributed by atoms with Crippen LogP contribution in [0, 0.1) is 0 Å². The first-order valence-electron chi connectivity index (χ1n) is 8.31. The smallest absolute Gasteiger partial charge is 0.249 e. The number of aromatic nitrogens is 3. The van der Waals surface area contributed by atoms with Gasteiger partial charge in [-0.1, -0.05) is 19.0 Å². The van der Waals surface area contributed by atoms with E-state index in [0.29, 0.717) is 17.5 Å². The Kier molecular flexibility index (Phi) is 5.50. The number of rotatable bonds is 5. The van der Waals surface area contributed by atoms with Crippen LogP contribution in [0.2, 0.25) is 0 Å². The number of thioether (sulfide) groups is 1. The van der Waals surface area contributed by atoms with Crippen LogP contribution >= 0.6 is 11.8 Å². The molecule has 0 spiro atoms. The topological polar surface area (TPSA) is 72.1 Å². The summed E-state index contributed by atoms with van der Waals surface area (Å²) >= 11 is 1.53. The molecule has 0 saturated carbocycles. The van der Waals surface area contributed by atoms with E-state index < -0.39 is 0 Å². The molecule has 3 heterocycles. The summed E-state index contributed by atoms with van der Waals surface area (Å²) < 4.78 is 5.44. The normalized spacial score (nSPS) is 18.1. The highest BCUT2D eigenvalue weighted by Gasteiger charge is 2.32. The predicted octanol–water partition coefficient (Wildman–Crippen LogP) is 3.43. The molecule has 0 aromatic carbocycles. The van der Waals surface area contributed by atoms with Gasteiger partial charge in [0.25, 0.3) is 0 Å². The van der Waals surface area contributed by atoms with Crippen molar-refractivity contribution in [3.05, 3.63) is 36.2 Å². The summed E-state index contributed by atoms with van der Waals surface area (Å²) in [5.41, 5.74) is 0. The van der Waals surface area contributed by atoms with E-state index >= 15 is 0 Å². The fourth-order valence-electron chi connectivity index (χ4n) is 2.77. The van der Waals surface area contributed by atoms with Crippen molar-refractivity contribution < 1.29 is 9.32 Å². The van der Waals surface area contributed by atoms with Gasteiger partial charge in [-0.05, 0) is 31.4 Å². The van der Waals surface area contributed by atoms with E-state index in [2.05, 4.69) is 15.1 Å². The number of likely N-dealkylation sites (tertiary alicyclic amines) is 1. The van der Waals surface area contributed by atoms with Gasteiger partial charge in [-0.25, -0.2) is 0 Å². The average molecular weight is 346 g/mol. The summed E-state index contributed by atoms with van der Waals surface area (Å²) in [6.07, 6.45) is 6.45. The molecule has 0 bridgehead atoms. The molecule has 1 saturated heterocycles. The Balaban J connectivity index is 1.68. The SMILES string of the molecule is CC(C)c1noc([C@@H]2CCCCN2C(=O)CSc2ccncc2)n1. The van der Waals surface area contributed by atoms with E-state index in [9.17, 15) is 4.79 Å². The third kappa shape index (κ3) is 3.95. The van der Waals surface area contributed by atoms with Crippen LogP contribution in [0.25, 0.3) is 0 Å². The van der Waals surface area contributed by atoms with Crippen LogP contribution in [-0.2, 0) is 4.79 Å². The maximum absolute atomic E-state index is 12.7. The summed E-state index contributed by atoms with van der Waals surface area (Å²) in [6, 6.07) is 3.74. The lowest BCUT2D eigenvalue weighted by atomic mass is 10.0. The van der Waals surface area contributed by atoms with Crippen LogP contribution < -0.4 is 0 Å². The van der Waals surface area contributed by atoms with Crippen LogP contribution in [0.4, 0.5) is 0 Å². The van der Waals surface area contributed by atoms with Crippen LogP contribution in [-0.4, -0.2) is 38.2 Å². The summed E-state index contributed by atoms with van der Waals surface area (Å²) in [6.45, 7) is 4.81. The maximum atomic E-state index is 12.7. The predicted molar refractivity (Wildman–Crippen MR) is 91.7 cm³/mol. The zero-order valence-corrected chi connectivity index (χ0v) is 14.8. The minimum absolute atomic E-state index is 0.0932. The fraction of sp³-hybridized carbons (Fsp3) is 0.529. The number of hydrogen-bond acceptors (Lipinski definition) is 6. The Morgan fingerprint density at radius 1 is 1.38 bits per heavy atom. The molecule has 1 atom stereocenters. The number of nitrogens with zero attached hydrogens (tertiary/aromatic N) is 4. The molecule has 0 N–H and O–H groups in total. The average Bonchev–Trinajstić information content (AvgIpc) is 3.11. The Morgan fingerprint density at radius 3 is 2.88 bits per heavy atom. The number of amides is 1. The first-order chi connectivity index (χ1) is 11.6. The van der Waals surface area contributed by atoms with Gasteiger partial charge in [0.1, 0.15) is 6.04 Å². The molecule has 0 radical (unpaired) electrons. The molecular formula is C17H22N4O2S. The van der Waals surface area contributed by atoms with E-state index in [4.69, 9.17) is 4.52 Å². The molecule has 0 unspecified atom stereocenters. The van der Waals surface area contributed by atoms with Crippen LogP contribution in [0.5, 0.6) is 0 Å². The zero-order chi connectivity index (χ0) is 16.9. The van der Waals surface area contributed by atoms with E-state index in [0.717, 1.165) is 30.7 Å². The second kappa shape index (κ2) is 7.79. The van der Waals surface area contributed by atoms with Crippen LogP contribution in [0.15, 0.2) is 33.9 Å². The number of carbonyl (C=O) groups excluding carboxylic acids is 1. The molecule has 1 aliphatic heterocycles.